The summed E-state index contributed by atoms with van der Waals surface area (Å²) >= 11 is 0. The van der Waals surface area contributed by atoms with E-state index in [1.54, 1.807) is 32.9 Å². The maximum atomic E-state index is 12.7. The van der Waals surface area contributed by atoms with Gasteiger partial charge in [0.25, 0.3) is 11.8 Å². The van der Waals surface area contributed by atoms with Crippen molar-refractivity contribution < 1.29 is 14.0 Å². The standard InChI is InChI=1S/C18H18N6O3/c25-17(15-5-3-14(4-6-15)12-24-13-19-20-21-24)22-7-9-23(10-8-22)18(26)16-2-1-11-27-16/h1-6,11,13H,7-10,12H2. The van der Waals surface area contributed by atoms with Crippen LogP contribution < -0.4 is 0 Å². The van der Waals surface area contributed by atoms with E-state index < -0.39 is 0 Å². The summed E-state index contributed by atoms with van der Waals surface area (Å²) in [6.07, 6.45) is 3.03. The molecule has 1 aromatic carbocycles. The molecular formula is C18H18N6O3. The molecule has 0 atom stereocenters. The molecule has 0 bridgehead atoms. The van der Waals surface area contributed by atoms with Gasteiger partial charge in [0.2, 0.25) is 0 Å². The van der Waals surface area contributed by atoms with Crippen molar-refractivity contribution >= 4 is 11.8 Å². The summed E-state index contributed by atoms with van der Waals surface area (Å²) in [6, 6.07) is 10.7. The maximum absolute atomic E-state index is 12.7. The third kappa shape index (κ3) is 3.71. The van der Waals surface area contributed by atoms with Gasteiger partial charge >= 0.3 is 0 Å². The van der Waals surface area contributed by atoms with Crippen LogP contribution in [0.3, 0.4) is 0 Å². The van der Waals surface area contributed by atoms with E-state index >= 15 is 0 Å². The van der Waals surface area contributed by atoms with Gasteiger partial charge in [0.05, 0.1) is 12.8 Å². The van der Waals surface area contributed by atoms with Crippen molar-refractivity contribution in [3.8, 4) is 0 Å². The molecule has 1 saturated heterocycles. The SMILES string of the molecule is O=C(c1ccc(Cn2cnnn2)cc1)N1CCN(C(=O)c2ccco2)CC1. The van der Waals surface area contributed by atoms with E-state index in [0.717, 1.165) is 5.56 Å². The molecule has 0 saturated carbocycles. The molecule has 4 rings (SSSR count). The molecule has 27 heavy (non-hydrogen) atoms. The number of nitrogens with zero attached hydrogens (tertiary/aromatic N) is 6. The van der Waals surface area contributed by atoms with Crippen molar-refractivity contribution in [1.82, 2.24) is 30.0 Å². The molecule has 9 heteroatoms. The zero-order valence-corrected chi connectivity index (χ0v) is 14.6. The lowest BCUT2D eigenvalue weighted by atomic mass is 10.1. The Bertz CT molecular complexity index is 897. The second-order valence-corrected chi connectivity index (χ2v) is 6.27. The van der Waals surface area contributed by atoms with Crippen molar-refractivity contribution in [2.75, 3.05) is 26.2 Å². The molecule has 2 amide bonds. The first kappa shape index (κ1) is 17.0. The van der Waals surface area contributed by atoms with E-state index in [9.17, 15) is 9.59 Å². The van der Waals surface area contributed by atoms with Gasteiger partial charge in [-0.1, -0.05) is 12.1 Å². The molecule has 3 heterocycles. The number of piperazine rings is 1. The number of carbonyl (C=O) groups is 2. The number of aromatic nitrogens is 4. The van der Waals surface area contributed by atoms with Gasteiger partial charge in [-0.15, -0.1) is 5.10 Å². The number of amides is 2. The monoisotopic (exact) mass is 366 g/mol. The van der Waals surface area contributed by atoms with Gasteiger partial charge in [-0.3, -0.25) is 9.59 Å². The van der Waals surface area contributed by atoms with Crippen LogP contribution in [0.25, 0.3) is 0 Å². The summed E-state index contributed by atoms with van der Waals surface area (Å²) in [7, 11) is 0. The van der Waals surface area contributed by atoms with E-state index in [4.69, 9.17) is 4.42 Å². The number of rotatable bonds is 4. The zero-order chi connectivity index (χ0) is 18.6. The Morgan fingerprint density at radius 1 is 0.963 bits per heavy atom. The lowest BCUT2D eigenvalue weighted by molar-refractivity contribution is 0.0518. The van der Waals surface area contributed by atoms with Gasteiger partial charge in [-0.05, 0) is 40.3 Å². The van der Waals surface area contributed by atoms with Gasteiger partial charge in [0, 0.05) is 31.7 Å². The summed E-state index contributed by atoms with van der Waals surface area (Å²) in [4.78, 5) is 28.5. The van der Waals surface area contributed by atoms with Crippen molar-refractivity contribution in [3.63, 3.8) is 0 Å². The minimum atomic E-state index is -0.140. The topological polar surface area (TPSA) is 97.4 Å². The quantitative estimate of drug-likeness (QED) is 0.681. The molecule has 0 radical (unpaired) electrons. The van der Waals surface area contributed by atoms with E-state index in [0.29, 0.717) is 44.0 Å². The maximum Gasteiger partial charge on any atom is 0.289 e. The minimum absolute atomic E-state index is 0.0333. The summed E-state index contributed by atoms with van der Waals surface area (Å²) in [5.74, 6) is 0.154. The second kappa shape index (κ2) is 7.40. The molecule has 9 nitrogen and oxygen atoms in total. The Labute approximate surface area is 155 Å². The summed E-state index contributed by atoms with van der Waals surface area (Å²) in [5, 5.41) is 11.0. The fourth-order valence-corrected chi connectivity index (χ4v) is 3.04. The molecular weight excluding hydrogens is 348 g/mol. The smallest absolute Gasteiger partial charge is 0.289 e. The third-order valence-electron chi connectivity index (χ3n) is 4.52. The number of tetrazole rings is 1. The zero-order valence-electron chi connectivity index (χ0n) is 14.6. The molecule has 1 aliphatic heterocycles. The van der Waals surface area contributed by atoms with Crippen molar-refractivity contribution in [1.29, 1.82) is 0 Å². The van der Waals surface area contributed by atoms with Gasteiger partial charge in [-0.25, -0.2) is 4.68 Å². The van der Waals surface area contributed by atoms with Crippen molar-refractivity contribution in [2.24, 2.45) is 0 Å². The first-order valence-corrected chi connectivity index (χ1v) is 8.62. The fourth-order valence-electron chi connectivity index (χ4n) is 3.04. The molecule has 0 unspecified atom stereocenters. The Hall–Kier alpha value is -3.49. The lowest BCUT2D eigenvalue weighted by Crippen LogP contribution is -2.50. The number of hydrogen-bond acceptors (Lipinski definition) is 6. The highest BCUT2D eigenvalue weighted by Gasteiger charge is 2.26. The van der Waals surface area contributed by atoms with Crippen LogP contribution in [0, 0.1) is 0 Å². The summed E-state index contributed by atoms with van der Waals surface area (Å²) in [6.45, 7) is 2.52. The van der Waals surface area contributed by atoms with Crippen LogP contribution in [0.4, 0.5) is 0 Å². The molecule has 1 fully saturated rings. The van der Waals surface area contributed by atoms with Crippen molar-refractivity contribution in [2.45, 2.75) is 6.54 Å². The molecule has 2 aromatic heterocycles. The molecule has 1 aliphatic rings. The molecule has 3 aromatic rings. The van der Waals surface area contributed by atoms with Crippen LogP contribution in [-0.2, 0) is 6.54 Å². The highest BCUT2D eigenvalue weighted by atomic mass is 16.3. The second-order valence-electron chi connectivity index (χ2n) is 6.27. The average Bonchev–Trinajstić information content (AvgIpc) is 3.42. The van der Waals surface area contributed by atoms with Crippen LogP contribution >= 0.6 is 0 Å². The van der Waals surface area contributed by atoms with Gasteiger partial charge in [0.1, 0.15) is 6.33 Å². The fraction of sp³-hybridized carbons (Fsp3) is 0.278. The Morgan fingerprint density at radius 2 is 1.67 bits per heavy atom. The van der Waals surface area contributed by atoms with Crippen LogP contribution in [0.1, 0.15) is 26.5 Å². The average molecular weight is 366 g/mol. The van der Waals surface area contributed by atoms with E-state index in [1.165, 1.54) is 6.26 Å². The number of hydrogen-bond donors (Lipinski definition) is 0. The lowest BCUT2D eigenvalue weighted by Gasteiger charge is -2.34. The first-order valence-electron chi connectivity index (χ1n) is 8.62. The highest BCUT2D eigenvalue weighted by molar-refractivity contribution is 5.95. The highest BCUT2D eigenvalue weighted by Crippen LogP contribution is 2.13. The molecule has 0 N–H and O–H groups in total. The number of carbonyl (C=O) groups excluding carboxylic acids is 2. The van der Waals surface area contributed by atoms with Crippen LogP contribution in [0.5, 0.6) is 0 Å². The number of benzene rings is 1. The minimum Gasteiger partial charge on any atom is -0.459 e. The normalized spacial score (nSPS) is 14.4. The predicted molar refractivity (Wildman–Crippen MR) is 93.9 cm³/mol. The molecule has 0 spiro atoms. The Morgan fingerprint density at radius 3 is 2.26 bits per heavy atom. The van der Waals surface area contributed by atoms with Crippen LogP contribution in [0.15, 0.2) is 53.4 Å². The molecule has 0 aliphatic carbocycles. The van der Waals surface area contributed by atoms with Gasteiger partial charge in [-0.2, -0.15) is 0 Å². The van der Waals surface area contributed by atoms with Crippen molar-refractivity contribution in [3.05, 3.63) is 65.9 Å². The van der Waals surface area contributed by atoms with Crippen LogP contribution in [0.2, 0.25) is 0 Å². The Balaban J connectivity index is 1.34. The van der Waals surface area contributed by atoms with Gasteiger partial charge in [0.15, 0.2) is 5.76 Å². The summed E-state index contributed by atoms with van der Waals surface area (Å²) < 4.78 is 6.77. The van der Waals surface area contributed by atoms with Crippen LogP contribution in [-0.4, -0.2) is 68.0 Å². The van der Waals surface area contributed by atoms with E-state index in [1.807, 2.05) is 24.3 Å². The largest absolute Gasteiger partial charge is 0.459 e. The van der Waals surface area contributed by atoms with Gasteiger partial charge < -0.3 is 14.2 Å². The van der Waals surface area contributed by atoms with E-state index in [2.05, 4.69) is 15.5 Å². The predicted octanol–water partition coefficient (Wildman–Crippen LogP) is 0.913. The Kier molecular flexibility index (Phi) is 4.65. The third-order valence-corrected chi connectivity index (χ3v) is 4.52. The number of furan rings is 1. The van der Waals surface area contributed by atoms with E-state index in [-0.39, 0.29) is 11.8 Å². The summed E-state index contributed by atoms with van der Waals surface area (Å²) in [5.41, 5.74) is 1.63. The first-order chi connectivity index (χ1) is 13.2. The molecule has 138 valence electrons.